The number of hydrogen-bond acceptors (Lipinski definition) is 5. The first-order valence-corrected chi connectivity index (χ1v) is 12.5. The van der Waals surface area contributed by atoms with Gasteiger partial charge in [-0.05, 0) is 42.3 Å². The molecule has 1 saturated heterocycles. The van der Waals surface area contributed by atoms with Gasteiger partial charge in [-0.3, -0.25) is 19.4 Å². The van der Waals surface area contributed by atoms with Gasteiger partial charge in [-0.15, -0.1) is 0 Å². The largest absolute Gasteiger partial charge is 0.416 e. The van der Waals surface area contributed by atoms with Crippen molar-refractivity contribution in [2.24, 2.45) is 7.05 Å². The fraction of sp³-hybridized carbons (Fsp3) is 0.276. The number of aromatic nitrogens is 3. The Balaban J connectivity index is 1.37. The lowest BCUT2D eigenvalue weighted by Crippen LogP contribution is -2.43. The number of anilines is 1. The fourth-order valence-electron chi connectivity index (χ4n) is 4.56. The van der Waals surface area contributed by atoms with E-state index in [0.717, 1.165) is 41.2 Å². The second-order valence-corrected chi connectivity index (χ2v) is 9.52. The number of aryl methyl sites for hydroxylation is 2. The summed E-state index contributed by atoms with van der Waals surface area (Å²) in [5.74, 6) is 5.62. The van der Waals surface area contributed by atoms with Gasteiger partial charge >= 0.3 is 6.18 Å². The molecule has 7 nitrogen and oxygen atoms in total. The van der Waals surface area contributed by atoms with Crippen molar-refractivity contribution in [3.63, 3.8) is 0 Å². The second kappa shape index (κ2) is 10.9. The van der Waals surface area contributed by atoms with E-state index < -0.39 is 17.6 Å². The summed E-state index contributed by atoms with van der Waals surface area (Å²) in [6.45, 7) is 4.89. The van der Waals surface area contributed by atoms with E-state index in [1.807, 2.05) is 18.9 Å². The van der Waals surface area contributed by atoms with Gasteiger partial charge in [0.2, 0.25) is 0 Å². The summed E-state index contributed by atoms with van der Waals surface area (Å²) in [7, 11) is 1.83. The predicted molar refractivity (Wildman–Crippen MR) is 143 cm³/mol. The molecule has 0 unspecified atom stereocenters. The number of carbonyl (C=O) groups excluding carboxylic acids is 1. The standard InChI is InChI=1S/C29H27F3N6O/c1-19-3-8-24(13-20(19)4-6-22-15-34-17-27-25(22)16-35-37(27)2)36-28(39)21-5-7-23(26(14-21)29(30,31)32)18-38-11-9-33-10-12-38/h3,5,7-8,13-17,33H,9-12,18H2,1-2H3,(H,36,39). The van der Waals surface area contributed by atoms with E-state index in [1.54, 1.807) is 41.5 Å². The molecule has 2 aromatic heterocycles. The topological polar surface area (TPSA) is 75.1 Å². The first-order chi connectivity index (χ1) is 18.7. The lowest BCUT2D eigenvalue weighted by atomic mass is 10.0. The smallest absolute Gasteiger partial charge is 0.322 e. The van der Waals surface area contributed by atoms with Crippen LogP contribution < -0.4 is 10.6 Å². The molecule has 0 saturated carbocycles. The van der Waals surface area contributed by atoms with E-state index in [9.17, 15) is 18.0 Å². The van der Waals surface area contributed by atoms with Gasteiger partial charge in [-0.2, -0.15) is 18.3 Å². The summed E-state index contributed by atoms with van der Waals surface area (Å²) in [6, 6.07) is 8.99. The van der Waals surface area contributed by atoms with Crippen molar-refractivity contribution in [1.29, 1.82) is 0 Å². The lowest BCUT2D eigenvalue weighted by molar-refractivity contribution is -0.138. The SMILES string of the molecule is Cc1ccc(NC(=O)c2ccc(CN3CCNCC3)c(C(F)(F)F)c2)cc1C#Cc1cncc2c1cnn2C. The summed E-state index contributed by atoms with van der Waals surface area (Å²) in [5.41, 5.74) is 2.89. The number of amides is 1. The number of fused-ring (bicyclic) bond motifs is 1. The van der Waals surface area contributed by atoms with Crippen LogP contribution in [0.15, 0.2) is 55.0 Å². The van der Waals surface area contributed by atoms with Gasteiger partial charge in [0.25, 0.3) is 5.91 Å². The number of piperazine rings is 1. The Morgan fingerprint density at radius 1 is 1.05 bits per heavy atom. The molecule has 200 valence electrons. The van der Waals surface area contributed by atoms with Crippen molar-refractivity contribution in [2.75, 3.05) is 31.5 Å². The molecular formula is C29H27F3N6O. The van der Waals surface area contributed by atoms with E-state index in [2.05, 4.69) is 32.6 Å². The average Bonchev–Trinajstić information content (AvgIpc) is 3.30. The number of halogens is 3. The molecule has 39 heavy (non-hydrogen) atoms. The number of carbonyl (C=O) groups is 1. The molecular weight excluding hydrogens is 505 g/mol. The van der Waals surface area contributed by atoms with Gasteiger partial charge in [0.1, 0.15) is 0 Å². The van der Waals surface area contributed by atoms with Crippen LogP contribution in [-0.4, -0.2) is 51.8 Å². The number of rotatable bonds is 4. The van der Waals surface area contributed by atoms with Crippen LogP contribution in [0.3, 0.4) is 0 Å². The van der Waals surface area contributed by atoms with Crippen molar-refractivity contribution in [1.82, 2.24) is 25.0 Å². The molecule has 1 aliphatic heterocycles. The van der Waals surface area contributed by atoms with Crippen LogP contribution in [0.4, 0.5) is 18.9 Å². The quantitative estimate of drug-likeness (QED) is 0.383. The van der Waals surface area contributed by atoms with Gasteiger partial charge in [0.15, 0.2) is 0 Å². The van der Waals surface area contributed by atoms with Gasteiger partial charge < -0.3 is 10.6 Å². The summed E-state index contributed by atoms with van der Waals surface area (Å²) >= 11 is 0. The highest BCUT2D eigenvalue weighted by atomic mass is 19.4. The first-order valence-electron chi connectivity index (χ1n) is 12.5. The summed E-state index contributed by atoms with van der Waals surface area (Å²) < 4.78 is 43.4. The summed E-state index contributed by atoms with van der Waals surface area (Å²) in [5, 5.41) is 11.0. The zero-order valence-corrected chi connectivity index (χ0v) is 21.6. The fourth-order valence-corrected chi connectivity index (χ4v) is 4.56. The number of benzene rings is 2. The molecule has 1 amide bonds. The maximum absolute atomic E-state index is 13.9. The third kappa shape index (κ3) is 5.95. The average molecular weight is 533 g/mol. The van der Waals surface area contributed by atoms with Crippen LogP contribution in [0.1, 0.15) is 38.2 Å². The Hall–Kier alpha value is -4.20. The summed E-state index contributed by atoms with van der Waals surface area (Å²) in [4.78, 5) is 19.2. The van der Waals surface area contributed by atoms with Crippen molar-refractivity contribution in [3.05, 3.63) is 88.4 Å². The Morgan fingerprint density at radius 2 is 1.82 bits per heavy atom. The van der Waals surface area contributed by atoms with Gasteiger partial charge in [-0.25, -0.2) is 0 Å². The predicted octanol–water partition coefficient (Wildman–Crippen LogP) is 4.35. The number of nitrogens with zero attached hydrogens (tertiary/aromatic N) is 4. The van der Waals surface area contributed by atoms with Crippen LogP contribution in [0.5, 0.6) is 0 Å². The minimum Gasteiger partial charge on any atom is -0.322 e. The monoisotopic (exact) mass is 532 g/mol. The molecule has 3 heterocycles. The Kier molecular flexibility index (Phi) is 7.37. The molecule has 1 fully saturated rings. The first kappa shape index (κ1) is 26.4. The van der Waals surface area contributed by atoms with Crippen molar-refractivity contribution in [2.45, 2.75) is 19.6 Å². The molecule has 0 bridgehead atoms. The molecule has 0 radical (unpaired) electrons. The summed E-state index contributed by atoms with van der Waals surface area (Å²) in [6.07, 6.45) is 0.547. The van der Waals surface area contributed by atoms with Crippen molar-refractivity contribution in [3.8, 4) is 11.8 Å². The molecule has 10 heteroatoms. The maximum Gasteiger partial charge on any atom is 0.416 e. The molecule has 4 aromatic rings. The number of alkyl halides is 3. The van der Waals surface area contributed by atoms with Crippen LogP contribution in [0, 0.1) is 18.8 Å². The maximum atomic E-state index is 13.9. The van der Waals surface area contributed by atoms with E-state index in [0.29, 0.717) is 24.3 Å². The van der Waals surface area contributed by atoms with E-state index >= 15 is 0 Å². The van der Waals surface area contributed by atoms with Gasteiger partial charge in [-0.1, -0.05) is 24.0 Å². The van der Waals surface area contributed by atoms with Crippen LogP contribution in [0.2, 0.25) is 0 Å². The number of nitrogens with one attached hydrogen (secondary N) is 2. The van der Waals surface area contributed by atoms with Crippen LogP contribution in [-0.2, 0) is 19.8 Å². The zero-order valence-electron chi connectivity index (χ0n) is 21.6. The Bertz CT molecular complexity index is 1590. The van der Waals surface area contributed by atoms with Crippen molar-refractivity contribution >= 4 is 22.5 Å². The second-order valence-electron chi connectivity index (χ2n) is 9.52. The molecule has 2 aromatic carbocycles. The molecule has 1 aliphatic rings. The number of pyridine rings is 1. The molecule has 0 aliphatic carbocycles. The molecule has 0 spiro atoms. The highest BCUT2D eigenvalue weighted by molar-refractivity contribution is 6.04. The molecule has 2 N–H and O–H groups in total. The van der Waals surface area contributed by atoms with E-state index in [-0.39, 0.29) is 17.7 Å². The van der Waals surface area contributed by atoms with E-state index in [4.69, 9.17) is 0 Å². The minimum absolute atomic E-state index is 0.0612. The van der Waals surface area contributed by atoms with Gasteiger partial charge in [0.05, 0.1) is 29.0 Å². The zero-order chi connectivity index (χ0) is 27.6. The third-order valence-corrected chi connectivity index (χ3v) is 6.78. The minimum atomic E-state index is -4.57. The Morgan fingerprint density at radius 3 is 2.59 bits per heavy atom. The number of hydrogen-bond donors (Lipinski definition) is 2. The van der Waals surface area contributed by atoms with Crippen LogP contribution >= 0.6 is 0 Å². The Labute approximate surface area is 224 Å². The van der Waals surface area contributed by atoms with Crippen LogP contribution in [0.25, 0.3) is 10.9 Å². The van der Waals surface area contributed by atoms with Crippen molar-refractivity contribution < 1.29 is 18.0 Å². The normalized spacial score (nSPS) is 14.2. The van der Waals surface area contributed by atoms with E-state index in [1.165, 1.54) is 12.1 Å². The third-order valence-electron chi connectivity index (χ3n) is 6.78. The highest BCUT2D eigenvalue weighted by Gasteiger charge is 2.34. The van der Waals surface area contributed by atoms with Gasteiger partial charge in [0, 0.05) is 68.2 Å². The molecule has 0 atom stereocenters. The lowest BCUT2D eigenvalue weighted by Gasteiger charge is -2.28. The molecule has 5 rings (SSSR count). The highest BCUT2D eigenvalue weighted by Crippen LogP contribution is 2.33.